The number of aromatic nitrogens is 3. The molecule has 1 unspecified atom stereocenters. The number of carbonyl (C=O) groups is 1. The van der Waals surface area contributed by atoms with Crippen molar-refractivity contribution >= 4 is 36.4 Å². The molecule has 0 bridgehead atoms. The number of piperidine rings is 1. The Morgan fingerprint density at radius 1 is 1.38 bits per heavy atom. The van der Waals surface area contributed by atoms with Crippen molar-refractivity contribution < 1.29 is 4.79 Å². The van der Waals surface area contributed by atoms with Crippen LogP contribution in [0.15, 0.2) is 36.9 Å². The summed E-state index contributed by atoms with van der Waals surface area (Å²) < 4.78 is 1.75. The normalized spacial score (nSPS) is 19.7. The summed E-state index contributed by atoms with van der Waals surface area (Å²) in [6.45, 7) is 3.51. The Morgan fingerprint density at radius 2 is 2.21 bits per heavy atom. The van der Waals surface area contributed by atoms with Crippen LogP contribution < -0.4 is 10.6 Å². The predicted octanol–water partition coefficient (Wildman–Crippen LogP) is 2.64. The van der Waals surface area contributed by atoms with E-state index in [4.69, 9.17) is 0 Å². The third-order valence-electron chi connectivity index (χ3n) is 4.12. The highest BCUT2D eigenvalue weighted by atomic mass is 35.5. The van der Waals surface area contributed by atoms with Crippen LogP contribution in [0.1, 0.15) is 31.7 Å². The third kappa shape index (κ3) is 4.93. The van der Waals surface area contributed by atoms with Gasteiger partial charge in [0.05, 0.1) is 12.1 Å². The lowest BCUT2D eigenvalue weighted by Crippen LogP contribution is -2.54. The summed E-state index contributed by atoms with van der Waals surface area (Å²) in [6, 6.07) is 7.84. The van der Waals surface area contributed by atoms with Gasteiger partial charge in [0.15, 0.2) is 0 Å². The molecule has 6 nitrogen and oxygen atoms in total. The molecule has 0 radical (unpaired) electrons. The van der Waals surface area contributed by atoms with E-state index in [-0.39, 0.29) is 30.7 Å². The van der Waals surface area contributed by atoms with Crippen LogP contribution >= 0.6 is 24.8 Å². The van der Waals surface area contributed by atoms with Gasteiger partial charge < -0.3 is 10.6 Å². The Morgan fingerprint density at radius 3 is 2.88 bits per heavy atom. The summed E-state index contributed by atoms with van der Waals surface area (Å²) in [4.78, 5) is 16.4. The van der Waals surface area contributed by atoms with E-state index in [1.54, 1.807) is 11.0 Å². The maximum atomic E-state index is 12.5. The van der Waals surface area contributed by atoms with Gasteiger partial charge in [-0.3, -0.25) is 4.79 Å². The van der Waals surface area contributed by atoms with Gasteiger partial charge >= 0.3 is 0 Å². The largest absolute Gasteiger partial charge is 0.324 e. The summed E-state index contributed by atoms with van der Waals surface area (Å²) in [5, 5.41) is 10.5. The number of anilines is 1. The molecule has 1 aliphatic rings. The number of rotatable bonds is 4. The fraction of sp³-hybridized carbons (Fsp3) is 0.438. The molecule has 1 aromatic heterocycles. The second-order valence-corrected chi connectivity index (χ2v) is 5.96. The summed E-state index contributed by atoms with van der Waals surface area (Å²) in [5.41, 5.74) is 1.42. The minimum atomic E-state index is -0.472. The van der Waals surface area contributed by atoms with Gasteiger partial charge in [-0.1, -0.05) is 12.1 Å². The molecule has 0 spiro atoms. The molecule has 2 heterocycles. The minimum absolute atomic E-state index is 0. The fourth-order valence-electron chi connectivity index (χ4n) is 2.77. The number of benzene rings is 1. The molecule has 24 heavy (non-hydrogen) atoms. The zero-order valence-corrected chi connectivity index (χ0v) is 15.2. The lowest BCUT2D eigenvalue weighted by Gasteiger charge is -2.33. The Hall–Kier alpha value is -1.63. The maximum absolute atomic E-state index is 12.5. The van der Waals surface area contributed by atoms with Crippen LogP contribution in [-0.4, -0.2) is 32.8 Å². The molecule has 1 aliphatic heterocycles. The Balaban J connectivity index is 0.00000144. The van der Waals surface area contributed by atoms with Crippen molar-refractivity contribution in [3.8, 4) is 0 Å². The topological polar surface area (TPSA) is 71.8 Å². The number of nitrogens with one attached hydrogen (secondary N) is 2. The third-order valence-corrected chi connectivity index (χ3v) is 4.12. The van der Waals surface area contributed by atoms with Gasteiger partial charge in [0, 0.05) is 5.69 Å². The monoisotopic (exact) mass is 371 g/mol. The van der Waals surface area contributed by atoms with E-state index in [9.17, 15) is 4.79 Å². The molecule has 1 atom stereocenters. The second-order valence-electron chi connectivity index (χ2n) is 5.96. The van der Waals surface area contributed by atoms with Crippen LogP contribution in [0.25, 0.3) is 0 Å². The van der Waals surface area contributed by atoms with Gasteiger partial charge in [0.25, 0.3) is 0 Å². The van der Waals surface area contributed by atoms with Gasteiger partial charge in [-0.2, -0.15) is 5.10 Å². The molecule has 0 aliphatic carbocycles. The minimum Gasteiger partial charge on any atom is -0.324 e. The highest BCUT2D eigenvalue weighted by Crippen LogP contribution is 2.21. The summed E-state index contributed by atoms with van der Waals surface area (Å²) in [7, 11) is 0. The number of nitrogens with zero attached hydrogens (tertiary/aromatic N) is 3. The molecule has 132 valence electrons. The maximum Gasteiger partial charge on any atom is 0.244 e. The lowest BCUT2D eigenvalue weighted by atomic mass is 9.90. The molecule has 2 aromatic rings. The van der Waals surface area contributed by atoms with Crippen molar-refractivity contribution in [2.24, 2.45) is 0 Å². The molecule has 1 saturated heterocycles. The van der Waals surface area contributed by atoms with E-state index in [2.05, 4.69) is 20.7 Å². The number of amides is 1. The zero-order chi connectivity index (χ0) is 15.4. The van der Waals surface area contributed by atoms with Crippen LogP contribution in [0.4, 0.5) is 5.69 Å². The van der Waals surface area contributed by atoms with Crippen LogP contribution in [0.5, 0.6) is 0 Å². The first-order chi connectivity index (χ1) is 10.7. The van der Waals surface area contributed by atoms with Crippen LogP contribution in [0.2, 0.25) is 0 Å². The molecule has 3 rings (SSSR count). The van der Waals surface area contributed by atoms with Crippen molar-refractivity contribution in [1.82, 2.24) is 20.1 Å². The molecule has 2 N–H and O–H groups in total. The van der Waals surface area contributed by atoms with Crippen LogP contribution in [0, 0.1) is 0 Å². The smallest absolute Gasteiger partial charge is 0.244 e. The van der Waals surface area contributed by atoms with Crippen LogP contribution in [-0.2, 0) is 11.3 Å². The SMILES string of the molecule is CC1(C(=O)Nc2cccc(Cn3cncn3)c2)CCCCN1.Cl.Cl. The fourth-order valence-corrected chi connectivity index (χ4v) is 2.77. The van der Waals surface area contributed by atoms with Gasteiger partial charge in [-0.15, -0.1) is 24.8 Å². The lowest BCUT2D eigenvalue weighted by molar-refractivity contribution is -0.122. The van der Waals surface area contributed by atoms with Gasteiger partial charge in [-0.05, 0) is 50.4 Å². The average molecular weight is 372 g/mol. The molecule has 1 amide bonds. The highest BCUT2D eigenvalue weighted by molar-refractivity contribution is 5.97. The van der Waals surface area contributed by atoms with Crippen molar-refractivity contribution in [2.75, 3.05) is 11.9 Å². The van der Waals surface area contributed by atoms with E-state index in [1.165, 1.54) is 6.33 Å². The number of halogens is 2. The Labute approximate surface area is 154 Å². The molecule has 1 fully saturated rings. The van der Waals surface area contributed by atoms with E-state index in [0.29, 0.717) is 6.54 Å². The zero-order valence-electron chi connectivity index (χ0n) is 13.6. The number of hydrogen-bond donors (Lipinski definition) is 2. The van der Waals surface area contributed by atoms with E-state index < -0.39 is 5.54 Å². The van der Waals surface area contributed by atoms with Gasteiger partial charge in [0.2, 0.25) is 5.91 Å². The molecular formula is C16H23Cl2N5O. The van der Waals surface area contributed by atoms with Crippen molar-refractivity contribution in [2.45, 2.75) is 38.3 Å². The number of carbonyl (C=O) groups excluding carboxylic acids is 1. The van der Waals surface area contributed by atoms with Crippen molar-refractivity contribution in [1.29, 1.82) is 0 Å². The van der Waals surface area contributed by atoms with E-state index >= 15 is 0 Å². The second kappa shape index (κ2) is 9.01. The summed E-state index contributed by atoms with van der Waals surface area (Å²) in [6.07, 6.45) is 6.29. The first-order valence-corrected chi connectivity index (χ1v) is 7.64. The first-order valence-electron chi connectivity index (χ1n) is 7.64. The molecular weight excluding hydrogens is 349 g/mol. The van der Waals surface area contributed by atoms with Gasteiger partial charge in [0.1, 0.15) is 12.7 Å². The quantitative estimate of drug-likeness (QED) is 0.866. The van der Waals surface area contributed by atoms with E-state index in [0.717, 1.165) is 37.1 Å². The van der Waals surface area contributed by atoms with Crippen molar-refractivity contribution in [3.05, 3.63) is 42.5 Å². The standard InChI is InChI=1S/C16H21N5O.2ClH/c1-16(7-2-3-8-18-16)15(22)20-14-6-4-5-13(9-14)10-21-12-17-11-19-21;;/h4-6,9,11-12,18H,2-3,7-8,10H2,1H3,(H,20,22);2*1H. The predicted molar refractivity (Wildman–Crippen MR) is 99.0 cm³/mol. The molecule has 8 heteroatoms. The van der Waals surface area contributed by atoms with Crippen molar-refractivity contribution in [3.63, 3.8) is 0 Å². The summed E-state index contributed by atoms with van der Waals surface area (Å²) >= 11 is 0. The Bertz CT molecular complexity index is 642. The average Bonchev–Trinajstić information content (AvgIpc) is 3.01. The highest BCUT2D eigenvalue weighted by Gasteiger charge is 2.34. The summed E-state index contributed by atoms with van der Waals surface area (Å²) in [5.74, 6) is 0.0325. The Kier molecular flexibility index (Phi) is 7.66. The van der Waals surface area contributed by atoms with Gasteiger partial charge in [-0.25, -0.2) is 9.67 Å². The first kappa shape index (κ1) is 20.4. The molecule has 1 aromatic carbocycles. The number of hydrogen-bond acceptors (Lipinski definition) is 4. The molecule has 0 saturated carbocycles. The van der Waals surface area contributed by atoms with Crippen LogP contribution in [0.3, 0.4) is 0 Å². The van der Waals surface area contributed by atoms with E-state index in [1.807, 2.05) is 31.2 Å².